The van der Waals surface area contributed by atoms with Crippen LogP contribution in [-0.2, 0) is 0 Å². The molecule has 0 bridgehead atoms. The molecule has 0 aromatic carbocycles. The van der Waals surface area contributed by atoms with Gasteiger partial charge in [0.15, 0.2) is 0 Å². The van der Waals surface area contributed by atoms with Gasteiger partial charge in [0.05, 0.1) is 0 Å². The minimum Gasteiger partial charge on any atom is -0.353 e. The lowest BCUT2D eigenvalue weighted by atomic mass is 9.84. The summed E-state index contributed by atoms with van der Waals surface area (Å²) in [5.41, 5.74) is 2.21. The lowest BCUT2D eigenvalue weighted by Gasteiger charge is -2.40. The van der Waals surface area contributed by atoms with Gasteiger partial charge in [-0.1, -0.05) is 6.42 Å². The smallest absolute Gasteiger partial charge is 0.222 e. The van der Waals surface area contributed by atoms with Gasteiger partial charge in [-0.3, -0.25) is 0 Å². The van der Waals surface area contributed by atoms with Crippen LogP contribution in [0.15, 0.2) is 6.20 Å². The standard InChI is InChI=1S/C12H19N3S/c1-9-7-13-11(15-10(9)2)14-8-12(16-3)5-4-6-12/h7H,4-6,8H2,1-3H3,(H,13,14,15). The highest BCUT2D eigenvalue weighted by molar-refractivity contribution is 8.00. The molecule has 0 spiro atoms. The normalized spacial score (nSPS) is 17.9. The molecule has 0 unspecified atom stereocenters. The largest absolute Gasteiger partial charge is 0.353 e. The fourth-order valence-corrected chi connectivity index (χ4v) is 2.79. The van der Waals surface area contributed by atoms with E-state index in [1.807, 2.05) is 31.8 Å². The van der Waals surface area contributed by atoms with Crippen LogP contribution in [0, 0.1) is 13.8 Å². The second-order valence-corrected chi connectivity index (χ2v) is 5.83. The van der Waals surface area contributed by atoms with Crippen LogP contribution in [-0.4, -0.2) is 27.5 Å². The maximum Gasteiger partial charge on any atom is 0.222 e. The van der Waals surface area contributed by atoms with Crippen LogP contribution in [0.2, 0.25) is 0 Å². The van der Waals surface area contributed by atoms with Crippen molar-refractivity contribution in [2.45, 2.75) is 37.9 Å². The quantitative estimate of drug-likeness (QED) is 0.874. The first-order valence-electron chi connectivity index (χ1n) is 5.74. The average molecular weight is 237 g/mol. The lowest BCUT2D eigenvalue weighted by molar-refractivity contribution is 0.379. The predicted octanol–water partition coefficient (Wildman–Crippen LogP) is 2.79. The zero-order valence-electron chi connectivity index (χ0n) is 10.2. The second-order valence-electron chi connectivity index (χ2n) is 4.56. The summed E-state index contributed by atoms with van der Waals surface area (Å²) in [7, 11) is 0. The zero-order chi connectivity index (χ0) is 11.6. The number of aryl methyl sites for hydroxylation is 2. The SMILES string of the molecule is CSC1(CNc2ncc(C)c(C)n2)CCC1. The summed E-state index contributed by atoms with van der Waals surface area (Å²) >= 11 is 1.97. The van der Waals surface area contributed by atoms with Gasteiger partial charge < -0.3 is 5.32 Å². The lowest BCUT2D eigenvalue weighted by Crippen LogP contribution is -2.40. The molecule has 88 valence electrons. The fourth-order valence-electron chi connectivity index (χ4n) is 1.88. The summed E-state index contributed by atoms with van der Waals surface area (Å²) in [5.74, 6) is 0.767. The minimum atomic E-state index is 0.433. The molecule has 2 rings (SSSR count). The number of aromatic nitrogens is 2. The van der Waals surface area contributed by atoms with Crippen LogP contribution in [0.3, 0.4) is 0 Å². The van der Waals surface area contributed by atoms with E-state index < -0.39 is 0 Å². The van der Waals surface area contributed by atoms with Gasteiger partial charge in [0.2, 0.25) is 5.95 Å². The maximum absolute atomic E-state index is 4.44. The van der Waals surface area contributed by atoms with E-state index in [4.69, 9.17) is 0 Å². The summed E-state index contributed by atoms with van der Waals surface area (Å²) in [6, 6.07) is 0. The highest BCUT2D eigenvalue weighted by atomic mass is 32.2. The van der Waals surface area contributed by atoms with Crippen LogP contribution in [0.4, 0.5) is 5.95 Å². The second kappa shape index (κ2) is 4.62. The number of nitrogens with one attached hydrogen (secondary N) is 1. The number of nitrogens with zero attached hydrogens (tertiary/aromatic N) is 2. The first-order valence-corrected chi connectivity index (χ1v) is 6.97. The Hall–Kier alpha value is -0.770. The molecule has 0 atom stereocenters. The van der Waals surface area contributed by atoms with Crippen molar-refractivity contribution in [3.63, 3.8) is 0 Å². The zero-order valence-corrected chi connectivity index (χ0v) is 11.0. The van der Waals surface area contributed by atoms with E-state index in [2.05, 4.69) is 21.5 Å². The van der Waals surface area contributed by atoms with Gasteiger partial charge >= 0.3 is 0 Å². The third kappa shape index (κ3) is 2.32. The number of rotatable bonds is 4. The van der Waals surface area contributed by atoms with Crippen molar-refractivity contribution in [2.24, 2.45) is 0 Å². The Morgan fingerprint density at radius 1 is 1.44 bits per heavy atom. The van der Waals surface area contributed by atoms with Crippen molar-refractivity contribution in [1.29, 1.82) is 0 Å². The minimum absolute atomic E-state index is 0.433. The Labute approximate surface area is 101 Å². The molecule has 1 aromatic heterocycles. The van der Waals surface area contributed by atoms with Gasteiger partial charge in [0.1, 0.15) is 0 Å². The Kier molecular flexibility index (Phi) is 3.38. The summed E-state index contributed by atoms with van der Waals surface area (Å²) < 4.78 is 0.433. The van der Waals surface area contributed by atoms with Crippen molar-refractivity contribution in [2.75, 3.05) is 18.1 Å². The molecule has 1 N–H and O–H groups in total. The maximum atomic E-state index is 4.44. The summed E-state index contributed by atoms with van der Waals surface area (Å²) in [5, 5.41) is 3.36. The van der Waals surface area contributed by atoms with E-state index in [1.165, 1.54) is 19.3 Å². The highest BCUT2D eigenvalue weighted by Crippen LogP contribution is 2.42. The molecule has 4 heteroatoms. The van der Waals surface area contributed by atoms with Crippen molar-refractivity contribution in [3.8, 4) is 0 Å². The Balaban J connectivity index is 1.96. The Bertz CT molecular complexity index is 369. The third-order valence-corrected chi connectivity index (χ3v) is 4.91. The molecule has 0 saturated heterocycles. The summed E-state index contributed by atoms with van der Waals surface area (Å²) in [6.07, 6.45) is 8.06. The molecule has 0 radical (unpaired) electrons. The number of thioether (sulfide) groups is 1. The first kappa shape index (κ1) is 11.7. The molecule has 1 aliphatic rings. The average Bonchev–Trinajstić information content (AvgIpc) is 2.22. The van der Waals surface area contributed by atoms with Crippen molar-refractivity contribution < 1.29 is 0 Å². The molecule has 1 fully saturated rings. The summed E-state index contributed by atoms with van der Waals surface area (Å²) in [6.45, 7) is 5.04. The van der Waals surface area contributed by atoms with Gasteiger partial charge in [0.25, 0.3) is 0 Å². The molecule has 1 aliphatic carbocycles. The number of hydrogen-bond donors (Lipinski definition) is 1. The molecule has 0 aliphatic heterocycles. The molecule has 3 nitrogen and oxygen atoms in total. The van der Waals surface area contributed by atoms with Gasteiger partial charge in [-0.15, -0.1) is 0 Å². The topological polar surface area (TPSA) is 37.8 Å². The van der Waals surface area contributed by atoms with Crippen LogP contribution in [0.1, 0.15) is 30.5 Å². The fraction of sp³-hybridized carbons (Fsp3) is 0.667. The molecule has 0 amide bonds. The molecular formula is C12H19N3S. The van der Waals surface area contributed by atoms with E-state index in [0.717, 1.165) is 23.8 Å². The monoisotopic (exact) mass is 237 g/mol. The molecule has 1 saturated carbocycles. The van der Waals surface area contributed by atoms with Crippen LogP contribution < -0.4 is 5.32 Å². The van der Waals surface area contributed by atoms with Gasteiger partial charge in [-0.2, -0.15) is 11.8 Å². The number of anilines is 1. The van der Waals surface area contributed by atoms with E-state index in [9.17, 15) is 0 Å². The number of hydrogen-bond acceptors (Lipinski definition) is 4. The predicted molar refractivity (Wildman–Crippen MR) is 70.1 cm³/mol. The van der Waals surface area contributed by atoms with E-state index in [0.29, 0.717) is 4.75 Å². The Morgan fingerprint density at radius 2 is 2.19 bits per heavy atom. The van der Waals surface area contributed by atoms with Crippen molar-refractivity contribution in [3.05, 3.63) is 17.5 Å². The summed E-state index contributed by atoms with van der Waals surface area (Å²) in [4.78, 5) is 8.74. The van der Waals surface area contributed by atoms with Crippen LogP contribution in [0.5, 0.6) is 0 Å². The van der Waals surface area contributed by atoms with E-state index in [1.54, 1.807) is 0 Å². The van der Waals surface area contributed by atoms with E-state index >= 15 is 0 Å². The van der Waals surface area contributed by atoms with Crippen molar-refractivity contribution >= 4 is 17.7 Å². The van der Waals surface area contributed by atoms with Gasteiger partial charge in [-0.25, -0.2) is 9.97 Å². The molecular weight excluding hydrogens is 218 g/mol. The molecule has 1 aromatic rings. The molecule has 1 heterocycles. The van der Waals surface area contributed by atoms with Crippen LogP contribution in [0.25, 0.3) is 0 Å². The third-order valence-electron chi connectivity index (χ3n) is 3.49. The molecule has 16 heavy (non-hydrogen) atoms. The van der Waals surface area contributed by atoms with Gasteiger partial charge in [0, 0.05) is 23.2 Å². The van der Waals surface area contributed by atoms with Gasteiger partial charge in [-0.05, 0) is 38.5 Å². The highest BCUT2D eigenvalue weighted by Gasteiger charge is 2.35. The Morgan fingerprint density at radius 3 is 2.69 bits per heavy atom. The van der Waals surface area contributed by atoms with Crippen LogP contribution >= 0.6 is 11.8 Å². The van der Waals surface area contributed by atoms with E-state index in [-0.39, 0.29) is 0 Å². The first-order chi connectivity index (χ1) is 7.65. The van der Waals surface area contributed by atoms with Crippen molar-refractivity contribution in [1.82, 2.24) is 9.97 Å².